The van der Waals surface area contributed by atoms with Crippen LogP contribution >= 0.6 is 0 Å². The number of aliphatic hydroxyl groups is 2. The molecule has 0 amide bonds. The molecule has 16 rings (SSSR count). The number of fused-ring (bicyclic) bond motifs is 3. The third kappa shape index (κ3) is 9.85. The third-order valence-corrected chi connectivity index (χ3v) is 27.1. The summed E-state index contributed by atoms with van der Waals surface area (Å²) in [6.45, 7) is 6.83. The molecule has 5 fully saturated rings. The van der Waals surface area contributed by atoms with Gasteiger partial charge in [0.1, 0.15) is 17.7 Å². The molecule has 4 saturated carbocycles. The van der Waals surface area contributed by atoms with Gasteiger partial charge >= 0.3 is 5.97 Å². The zero-order chi connectivity index (χ0) is 64.0. The summed E-state index contributed by atoms with van der Waals surface area (Å²) in [4.78, 5) is 50.1. The fraction of sp³-hybridized carbons (Fsp3) is 0.608. The van der Waals surface area contributed by atoms with E-state index in [1.807, 2.05) is 38.2 Å². The van der Waals surface area contributed by atoms with Crippen molar-refractivity contribution in [2.75, 3.05) is 20.2 Å². The standard InChI is InChI=1S/C79H98N6O8/c1-45(22-23-49-26-30-82-72-56(49)24-25-66(81-4)84-72)53(43-86)39-78-69(89)57-21-12-18-52-37-74(3)27-6-5-14-48-15-10-17-51-38-76-41-62-60(68(64(76)33-58(48)51)92-73(91)79(78,93-78)70(90)67(52)57)35-65(88)77(44-75(28-7-8-29-75)40-54(77)19-9-13-46(2)85-76)63(62)34-59(50-16-11-20-55(87)32-50)61-31-47(36-74)42-83-71(61)80/h10-12,16-18,20-21,26,31-32,38,42,46,48,54,58-60,62-66,68,71,81-88H,5-8,14-15,19,22-25,27-30,33-37,39-41,43-44,80H2,1-4H3/b53-45-/t46-,48-,54-,58-,59-,60+,62+,63+,64+,65+,66+,68-,71?,74-,76+,77-,78+,79+/m1/s1. The van der Waals surface area contributed by atoms with Crippen molar-refractivity contribution in [1.29, 1.82) is 0 Å². The van der Waals surface area contributed by atoms with Crippen molar-refractivity contribution in [2.24, 2.45) is 63.4 Å². The number of esters is 1. The summed E-state index contributed by atoms with van der Waals surface area (Å²) < 4.78 is 14.7. The highest BCUT2D eigenvalue weighted by Gasteiger charge is 2.86. The van der Waals surface area contributed by atoms with Gasteiger partial charge in [-0.05, 0) is 227 Å². The number of nitrogens with one attached hydrogen (secondary N) is 5. The van der Waals surface area contributed by atoms with Gasteiger partial charge in [0.25, 0.3) is 5.60 Å². The number of dihydropyridines is 2. The molecule has 0 radical (unpaired) electrons. The Balaban J connectivity index is 0.905. The molecule has 1 unspecified atom stereocenters. The molecule has 18 atom stereocenters. The van der Waals surface area contributed by atoms with Crippen LogP contribution in [0.25, 0.3) is 0 Å². The lowest BCUT2D eigenvalue weighted by atomic mass is 9.43. The number of phenolic OH excluding ortho intramolecular Hbond substituents is 1. The summed E-state index contributed by atoms with van der Waals surface area (Å²) in [6, 6.07) is 13.1. The predicted molar refractivity (Wildman–Crippen MR) is 358 cm³/mol. The number of hydrogen-bond acceptors (Lipinski definition) is 14. The lowest BCUT2D eigenvalue weighted by Crippen LogP contribution is -2.69. The summed E-state index contributed by atoms with van der Waals surface area (Å²) in [7, 11) is 1.97. The summed E-state index contributed by atoms with van der Waals surface area (Å²) in [5, 5.41) is 55.9. The first kappa shape index (κ1) is 61.8. The van der Waals surface area contributed by atoms with Crippen LogP contribution in [0.2, 0.25) is 0 Å². The number of aliphatic hydroxyl groups excluding tert-OH is 2. The maximum absolute atomic E-state index is 17.0. The molecule has 492 valence electrons. The normalized spacial score (nSPS) is 41.1. The van der Waals surface area contributed by atoms with E-state index in [1.165, 1.54) is 29.6 Å². The van der Waals surface area contributed by atoms with Crippen molar-refractivity contribution in [1.82, 2.24) is 26.6 Å². The van der Waals surface area contributed by atoms with E-state index in [9.17, 15) is 15.3 Å². The SMILES string of the molecule is CN[C@@H]1CCC2=C(NCC=C2CC/C(C)=C(\CO)C[C@@]23O[C@@]24C(=O)O[C@@H]2[C@H]5C[C@H](O)[C@]67CC8(CCCC8)C[C@H]6CC#C[C@@H](C)N[C@@]68C=C9C=CC[C@@H](CCCC[C@](C)(CC%10=CNC(N)C(=C%10)[C@@H](c%10cccc(O)c%10)C[C@H]7[C@H]5C6)Cc5cccc(c5C4=O)C3=O)[C@H]9C[C@@H]28)N1. The number of benzene rings is 2. The second kappa shape index (κ2) is 23.1. The van der Waals surface area contributed by atoms with Crippen LogP contribution in [-0.4, -0.2) is 100 Å². The highest BCUT2D eigenvalue weighted by molar-refractivity contribution is 6.33. The Morgan fingerprint density at radius 3 is 2.62 bits per heavy atom. The molecule has 93 heavy (non-hydrogen) atoms. The fourth-order valence-electron chi connectivity index (χ4n) is 22.9. The number of epoxide rings is 1. The minimum atomic E-state index is -2.35. The van der Waals surface area contributed by atoms with Gasteiger partial charge in [-0.2, -0.15) is 0 Å². The van der Waals surface area contributed by atoms with Crippen molar-refractivity contribution < 1.29 is 39.2 Å². The van der Waals surface area contributed by atoms with Crippen LogP contribution in [0.4, 0.5) is 0 Å². The second-order valence-corrected chi connectivity index (χ2v) is 32.2. The molecular weight excluding hydrogens is 1160 g/mol. The average molecular weight is 1260 g/mol. The largest absolute Gasteiger partial charge is 0.508 e. The molecule has 14 heteroatoms. The van der Waals surface area contributed by atoms with Gasteiger partial charge in [0.05, 0.1) is 31.1 Å². The fourth-order valence-corrected chi connectivity index (χ4v) is 22.9. The van der Waals surface area contributed by atoms with Gasteiger partial charge in [0.15, 0.2) is 11.4 Å². The number of hydrogen-bond donors (Lipinski definition) is 9. The zero-order valence-corrected chi connectivity index (χ0v) is 55.1. The van der Waals surface area contributed by atoms with E-state index in [2.05, 4.69) is 94.9 Å². The monoisotopic (exact) mass is 1260 g/mol. The molecule has 7 heterocycles. The van der Waals surface area contributed by atoms with E-state index in [4.69, 9.17) is 15.2 Å². The minimum absolute atomic E-state index is 0.0576. The Morgan fingerprint density at radius 2 is 1.80 bits per heavy atom. The zero-order valence-electron chi connectivity index (χ0n) is 55.1. The van der Waals surface area contributed by atoms with Crippen molar-refractivity contribution >= 4 is 17.5 Å². The van der Waals surface area contributed by atoms with Crippen molar-refractivity contribution in [3.8, 4) is 17.6 Å². The molecule has 2 aromatic rings. The number of aromatic hydroxyl groups is 1. The number of rotatable bonds is 8. The number of nitrogens with two attached hydrogens (primary N) is 1. The lowest BCUT2D eigenvalue weighted by Gasteiger charge is -2.64. The molecule has 0 aromatic heterocycles. The first-order valence-corrected chi connectivity index (χ1v) is 36.0. The molecule has 2 aromatic carbocycles. The molecule has 14 aliphatic rings. The third-order valence-electron chi connectivity index (χ3n) is 27.1. The second-order valence-electron chi connectivity index (χ2n) is 32.2. The van der Waals surface area contributed by atoms with Crippen LogP contribution in [0.1, 0.15) is 200 Å². The van der Waals surface area contributed by atoms with Gasteiger partial charge < -0.3 is 51.8 Å². The van der Waals surface area contributed by atoms with Crippen molar-refractivity contribution in [3.05, 3.63) is 146 Å². The first-order chi connectivity index (χ1) is 44.9. The van der Waals surface area contributed by atoms with Gasteiger partial charge in [-0.3, -0.25) is 14.9 Å². The molecule has 4 spiro atoms. The maximum atomic E-state index is 17.0. The lowest BCUT2D eigenvalue weighted by molar-refractivity contribution is -0.205. The topological polar surface area (TPSA) is 220 Å². The van der Waals surface area contributed by atoms with E-state index in [0.29, 0.717) is 68.5 Å². The summed E-state index contributed by atoms with van der Waals surface area (Å²) >= 11 is 0. The molecule has 1 saturated heterocycles. The molecular formula is C79H98N6O8. The first-order valence-electron chi connectivity index (χ1n) is 36.0. The Kier molecular flexibility index (Phi) is 15.3. The van der Waals surface area contributed by atoms with Gasteiger partial charge in [-0.15, -0.1) is 5.92 Å². The van der Waals surface area contributed by atoms with Crippen LogP contribution in [0.3, 0.4) is 0 Å². The van der Waals surface area contributed by atoms with Crippen molar-refractivity contribution in [2.45, 2.75) is 222 Å². The van der Waals surface area contributed by atoms with Gasteiger partial charge in [-0.1, -0.05) is 105 Å². The average Bonchev–Trinajstić information content (AvgIpc) is 1.50. The van der Waals surface area contributed by atoms with Gasteiger partial charge in [0, 0.05) is 65.4 Å². The number of phenols is 1. The predicted octanol–water partition coefficient (Wildman–Crippen LogP) is 11.0. The summed E-state index contributed by atoms with van der Waals surface area (Å²) in [6.07, 6.45) is 30.5. The molecule has 7 aliphatic carbocycles. The number of carbonyl (C=O) groups is 3. The van der Waals surface area contributed by atoms with Gasteiger partial charge in [0.2, 0.25) is 5.78 Å². The number of Topliss-reactive ketones (excluding diaryl/α,β-unsaturated/α-hetero) is 2. The Labute approximate surface area is 549 Å². The highest BCUT2D eigenvalue weighted by Crippen LogP contribution is 2.73. The highest BCUT2D eigenvalue weighted by atomic mass is 16.7. The Bertz CT molecular complexity index is 3740. The van der Waals surface area contributed by atoms with E-state index in [-0.39, 0.29) is 89.0 Å². The van der Waals surface area contributed by atoms with Crippen LogP contribution in [0, 0.1) is 69.5 Å². The summed E-state index contributed by atoms with van der Waals surface area (Å²) in [5.41, 5.74) is 11.0. The van der Waals surface area contributed by atoms with E-state index in [0.717, 1.165) is 112 Å². The van der Waals surface area contributed by atoms with Crippen molar-refractivity contribution in [3.63, 3.8) is 0 Å². The smallest absolute Gasteiger partial charge is 0.350 e. The molecule has 10 N–H and O–H groups in total. The molecule has 14 nitrogen and oxygen atoms in total. The molecule has 13 bridgehead atoms. The van der Waals surface area contributed by atoms with Crippen LogP contribution < -0.4 is 32.3 Å². The quantitative estimate of drug-likeness (QED) is 0.0395. The van der Waals surface area contributed by atoms with E-state index < -0.39 is 63.5 Å². The summed E-state index contributed by atoms with van der Waals surface area (Å²) in [5.74, 6) is 6.39. The van der Waals surface area contributed by atoms with Crippen LogP contribution in [-0.2, 0) is 20.7 Å². The Hall–Kier alpha value is -6.05. The molecule has 7 aliphatic heterocycles. The van der Waals surface area contributed by atoms with Crippen LogP contribution in [0.15, 0.2) is 124 Å². The van der Waals surface area contributed by atoms with Crippen LogP contribution in [0.5, 0.6) is 5.75 Å². The minimum Gasteiger partial charge on any atom is -0.508 e. The number of carbonyl (C=O) groups excluding carboxylic acids is 3. The number of ether oxygens (including phenoxy) is 2. The van der Waals surface area contributed by atoms with E-state index >= 15 is 14.4 Å². The number of allylic oxidation sites excluding steroid dienone is 8. The van der Waals surface area contributed by atoms with E-state index in [1.54, 1.807) is 12.1 Å². The van der Waals surface area contributed by atoms with Gasteiger partial charge in [-0.25, -0.2) is 4.79 Å². The maximum Gasteiger partial charge on any atom is 0.350 e. The Morgan fingerprint density at radius 1 is 0.957 bits per heavy atom. The number of ketones is 2.